The van der Waals surface area contributed by atoms with Crippen molar-refractivity contribution in [1.82, 2.24) is 4.98 Å². The third kappa shape index (κ3) is 2.45. The van der Waals surface area contributed by atoms with Crippen molar-refractivity contribution in [2.75, 3.05) is 0 Å². The molecular weight excluding hydrogens is 241 g/mol. The SMILES string of the molecule is Cc1cccc(C)c1-c1ccc2cccc(O)c2n1.[LiH]. The molecule has 0 saturated carbocycles. The molecule has 0 aliphatic heterocycles. The van der Waals surface area contributed by atoms with Gasteiger partial charge in [0.2, 0.25) is 0 Å². The van der Waals surface area contributed by atoms with E-state index >= 15 is 0 Å². The first kappa shape index (κ1) is 14.7. The van der Waals surface area contributed by atoms with Gasteiger partial charge in [0.1, 0.15) is 11.3 Å². The Morgan fingerprint density at radius 2 is 1.50 bits per heavy atom. The van der Waals surface area contributed by atoms with Gasteiger partial charge in [-0.1, -0.05) is 36.4 Å². The topological polar surface area (TPSA) is 33.1 Å². The number of aryl methyl sites for hydroxylation is 2. The van der Waals surface area contributed by atoms with Gasteiger partial charge in [0, 0.05) is 10.9 Å². The van der Waals surface area contributed by atoms with Gasteiger partial charge in [0.15, 0.2) is 0 Å². The number of fused-ring (bicyclic) bond motifs is 1. The van der Waals surface area contributed by atoms with Crippen molar-refractivity contribution in [3.05, 3.63) is 59.7 Å². The van der Waals surface area contributed by atoms with Crippen LogP contribution in [0.15, 0.2) is 48.5 Å². The number of benzene rings is 2. The quantitative estimate of drug-likeness (QED) is 0.676. The number of pyridine rings is 1. The van der Waals surface area contributed by atoms with Gasteiger partial charge in [0.05, 0.1) is 5.69 Å². The summed E-state index contributed by atoms with van der Waals surface area (Å²) < 4.78 is 0. The molecule has 0 saturated heterocycles. The number of aromatic nitrogens is 1. The van der Waals surface area contributed by atoms with Gasteiger partial charge in [0.25, 0.3) is 0 Å². The second kappa shape index (κ2) is 5.71. The molecule has 20 heavy (non-hydrogen) atoms. The molecule has 1 heterocycles. The van der Waals surface area contributed by atoms with Crippen LogP contribution in [0.4, 0.5) is 0 Å². The Morgan fingerprint density at radius 3 is 2.20 bits per heavy atom. The second-order valence-electron chi connectivity index (χ2n) is 4.81. The Morgan fingerprint density at radius 1 is 0.850 bits per heavy atom. The number of phenolic OH excluding ortho intramolecular Hbond substituents is 1. The molecule has 0 amide bonds. The van der Waals surface area contributed by atoms with E-state index in [-0.39, 0.29) is 24.6 Å². The first-order valence-corrected chi connectivity index (χ1v) is 6.32. The van der Waals surface area contributed by atoms with E-state index in [0.29, 0.717) is 5.52 Å². The zero-order valence-corrected chi connectivity index (χ0v) is 11.0. The van der Waals surface area contributed by atoms with E-state index < -0.39 is 0 Å². The standard InChI is InChI=1S/C17H15NO.Li.H/c1-11-5-3-6-12(2)16(11)14-10-9-13-7-4-8-15(19)17(13)18-14;;/h3-10,19H,1-2H3;;. The van der Waals surface area contributed by atoms with Gasteiger partial charge >= 0.3 is 18.9 Å². The Labute approximate surface area is 130 Å². The second-order valence-corrected chi connectivity index (χ2v) is 4.81. The maximum absolute atomic E-state index is 9.92. The van der Waals surface area contributed by atoms with Crippen LogP contribution < -0.4 is 0 Å². The van der Waals surface area contributed by atoms with Crippen molar-refractivity contribution >= 4 is 29.8 Å². The minimum absolute atomic E-state index is 0. The average molecular weight is 257 g/mol. The number of phenols is 1. The van der Waals surface area contributed by atoms with E-state index in [4.69, 9.17) is 0 Å². The molecule has 0 aliphatic carbocycles. The Bertz CT molecular complexity index is 748. The molecule has 3 aromatic rings. The average Bonchev–Trinajstić information content (AvgIpc) is 2.39. The molecule has 0 unspecified atom stereocenters. The van der Waals surface area contributed by atoms with Crippen molar-refractivity contribution in [2.45, 2.75) is 13.8 Å². The molecule has 96 valence electrons. The first-order valence-electron chi connectivity index (χ1n) is 6.32. The zero-order chi connectivity index (χ0) is 13.4. The number of para-hydroxylation sites is 1. The fraction of sp³-hybridized carbons (Fsp3) is 0.118. The molecule has 0 aliphatic rings. The zero-order valence-electron chi connectivity index (χ0n) is 11.0. The molecule has 0 bridgehead atoms. The Balaban J connectivity index is 0.00000147. The van der Waals surface area contributed by atoms with Gasteiger partial charge in [-0.05, 0) is 37.1 Å². The van der Waals surface area contributed by atoms with Crippen LogP contribution in [0.2, 0.25) is 0 Å². The summed E-state index contributed by atoms with van der Waals surface area (Å²) in [7, 11) is 0. The van der Waals surface area contributed by atoms with Crippen LogP contribution in [0.25, 0.3) is 22.2 Å². The number of hydrogen-bond donors (Lipinski definition) is 1. The molecule has 0 spiro atoms. The van der Waals surface area contributed by atoms with E-state index in [1.807, 2.05) is 30.3 Å². The summed E-state index contributed by atoms with van der Waals surface area (Å²) in [4.78, 5) is 4.62. The van der Waals surface area contributed by atoms with Crippen LogP contribution in [0, 0.1) is 13.8 Å². The fourth-order valence-electron chi connectivity index (χ4n) is 2.49. The predicted molar refractivity (Wildman–Crippen MR) is 85.5 cm³/mol. The normalized spacial score (nSPS) is 10.3. The van der Waals surface area contributed by atoms with Crippen molar-refractivity contribution in [1.29, 1.82) is 0 Å². The fourth-order valence-corrected chi connectivity index (χ4v) is 2.49. The molecule has 2 nitrogen and oxygen atoms in total. The van der Waals surface area contributed by atoms with Crippen LogP contribution in [0.3, 0.4) is 0 Å². The molecule has 1 aromatic heterocycles. The summed E-state index contributed by atoms with van der Waals surface area (Å²) in [5.74, 6) is 0.227. The van der Waals surface area contributed by atoms with Crippen molar-refractivity contribution in [2.24, 2.45) is 0 Å². The maximum atomic E-state index is 9.92. The van der Waals surface area contributed by atoms with Gasteiger partial charge < -0.3 is 5.11 Å². The molecule has 3 heteroatoms. The summed E-state index contributed by atoms with van der Waals surface area (Å²) >= 11 is 0. The van der Waals surface area contributed by atoms with Gasteiger partial charge in [-0.3, -0.25) is 0 Å². The third-order valence-electron chi connectivity index (χ3n) is 3.44. The van der Waals surface area contributed by atoms with Crippen molar-refractivity contribution in [3.63, 3.8) is 0 Å². The molecular formula is C17H16LiNO. The Kier molecular flexibility index (Phi) is 4.18. The monoisotopic (exact) mass is 257 g/mol. The van der Waals surface area contributed by atoms with Gasteiger partial charge in [-0.15, -0.1) is 0 Å². The summed E-state index contributed by atoms with van der Waals surface area (Å²) in [6.45, 7) is 4.16. The first-order chi connectivity index (χ1) is 9.16. The van der Waals surface area contributed by atoms with Crippen LogP contribution >= 0.6 is 0 Å². The molecule has 3 rings (SSSR count). The van der Waals surface area contributed by atoms with Crippen LogP contribution in [-0.2, 0) is 0 Å². The van der Waals surface area contributed by atoms with Crippen LogP contribution in [0.5, 0.6) is 5.75 Å². The Hall–Kier alpha value is -1.75. The summed E-state index contributed by atoms with van der Waals surface area (Å²) in [6.07, 6.45) is 0. The molecule has 0 radical (unpaired) electrons. The summed E-state index contributed by atoms with van der Waals surface area (Å²) in [6, 6.07) is 15.7. The molecule has 1 N–H and O–H groups in total. The summed E-state index contributed by atoms with van der Waals surface area (Å²) in [5, 5.41) is 10.9. The number of aromatic hydroxyl groups is 1. The van der Waals surface area contributed by atoms with Crippen LogP contribution in [-0.4, -0.2) is 29.0 Å². The molecule has 0 fully saturated rings. The van der Waals surface area contributed by atoms with Crippen LogP contribution in [0.1, 0.15) is 11.1 Å². The van der Waals surface area contributed by atoms with E-state index in [1.54, 1.807) is 6.07 Å². The van der Waals surface area contributed by atoms with Gasteiger partial charge in [-0.2, -0.15) is 0 Å². The number of rotatable bonds is 1. The summed E-state index contributed by atoms with van der Waals surface area (Å²) in [5.41, 5.74) is 5.10. The molecule has 0 atom stereocenters. The third-order valence-corrected chi connectivity index (χ3v) is 3.44. The van der Waals surface area contributed by atoms with Crippen molar-refractivity contribution < 1.29 is 5.11 Å². The predicted octanol–water partition coefficient (Wildman–Crippen LogP) is 3.58. The molecule has 2 aromatic carbocycles. The van der Waals surface area contributed by atoms with Gasteiger partial charge in [-0.25, -0.2) is 4.98 Å². The minimum atomic E-state index is 0. The van der Waals surface area contributed by atoms with Crippen molar-refractivity contribution in [3.8, 4) is 17.0 Å². The number of nitrogens with zero attached hydrogens (tertiary/aromatic N) is 1. The van der Waals surface area contributed by atoms with E-state index in [1.165, 1.54) is 11.1 Å². The van der Waals surface area contributed by atoms with E-state index in [9.17, 15) is 5.11 Å². The van der Waals surface area contributed by atoms with E-state index in [0.717, 1.165) is 16.6 Å². The van der Waals surface area contributed by atoms with E-state index in [2.05, 4.69) is 31.0 Å². The number of hydrogen-bond acceptors (Lipinski definition) is 2.